The summed E-state index contributed by atoms with van der Waals surface area (Å²) < 4.78 is 39.0. The summed E-state index contributed by atoms with van der Waals surface area (Å²) >= 11 is 7.33. The van der Waals surface area contributed by atoms with Crippen molar-refractivity contribution in [1.29, 1.82) is 0 Å². The number of fused-ring (bicyclic) bond motifs is 2. The predicted octanol–water partition coefficient (Wildman–Crippen LogP) is 5.82. The number of halogens is 5. The molecule has 3 aromatic heterocycles. The molecule has 0 saturated heterocycles. The van der Waals surface area contributed by atoms with Crippen LogP contribution < -0.4 is 16.1 Å². The Balaban J connectivity index is 0.00000289. The minimum atomic E-state index is -4.54. The van der Waals surface area contributed by atoms with E-state index in [-0.39, 0.29) is 28.4 Å². The second kappa shape index (κ2) is 10.1. The summed E-state index contributed by atoms with van der Waals surface area (Å²) in [6.07, 6.45) is -3.79. The number of benzene rings is 1. The van der Waals surface area contributed by atoms with Crippen LogP contribution in [0.15, 0.2) is 46.6 Å². The van der Waals surface area contributed by atoms with E-state index < -0.39 is 11.9 Å². The molecule has 0 saturated carbocycles. The van der Waals surface area contributed by atoms with E-state index in [9.17, 15) is 18.0 Å². The first-order valence-electron chi connectivity index (χ1n) is 9.53. The van der Waals surface area contributed by atoms with Crippen LogP contribution in [0.5, 0.6) is 0 Å². The first kappa shape index (κ1) is 24.3. The lowest BCUT2D eigenvalue weighted by molar-refractivity contribution is -0.140. The van der Waals surface area contributed by atoms with E-state index in [4.69, 9.17) is 11.6 Å². The number of pyridine rings is 2. The fourth-order valence-electron chi connectivity index (χ4n) is 3.24. The zero-order valence-corrected chi connectivity index (χ0v) is 18.9. The predicted molar refractivity (Wildman–Crippen MR) is 126 cm³/mol. The number of rotatable bonds is 7. The van der Waals surface area contributed by atoms with Crippen LogP contribution in [0, 0.1) is 0 Å². The number of hydrogen-bond donors (Lipinski definition) is 3. The average molecular weight is 503 g/mol. The lowest BCUT2D eigenvalue weighted by Gasteiger charge is -2.09. The Kier molecular flexibility index (Phi) is 7.66. The van der Waals surface area contributed by atoms with Crippen molar-refractivity contribution >= 4 is 63.0 Å². The maximum Gasteiger partial charge on any atom is 0.433 e. The van der Waals surface area contributed by atoms with Gasteiger partial charge in [-0.3, -0.25) is 4.79 Å². The summed E-state index contributed by atoms with van der Waals surface area (Å²) in [5.41, 5.74) is 0.0101. The Morgan fingerprint density at radius 2 is 1.91 bits per heavy atom. The minimum absolute atomic E-state index is 0. The summed E-state index contributed by atoms with van der Waals surface area (Å²) in [5, 5.41) is 9.34. The van der Waals surface area contributed by atoms with Crippen LogP contribution in [0.25, 0.3) is 21.8 Å². The van der Waals surface area contributed by atoms with Gasteiger partial charge in [0.2, 0.25) is 0 Å². The van der Waals surface area contributed by atoms with Crippen LogP contribution in [-0.2, 0) is 12.7 Å². The van der Waals surface area contributed by atoms with Crippen molar-refractivity contribution in [3.8, 4) is 0 Å². The molecular weight excluding hydrogens is 484 g/mol. The number of hydrogen-bond acceptors (Lipinski definition) is 5. The molecule has 0 atom stereocenters. The number of H-pyrrole nitrogens is 1. The summed E-state index contributed by atoms with van der Waals surface area (Å²) in [5.74, 6) is 0.645. The van der Waals surface area contributed by atoms with Crippen molar-refractivity contribution in [2.75, 3.05) is 18.4 Å². The molecule has 0 aliphatic carbocycles. The summed E-state index contributed by atoms with van der Waals surface area (Å²) in [6, 6.07) is 9.69. The van der Waals surface area contributed by atoms with E-state index in [1.807, 2.05) is 18.2 Å². The third-order valence-corrected chi connectivity index (χ3v) is 6.04. The SMILES string of the molecule is Cl.O=c1cc(NCCCNCc2scc3c(Cl)cc(C(F)(F)F)nc23)[nH]c2ccccc12. The molecule has 0 unspecified atom stereocenters. The Bertz CT molecular complexity index is 1290. The molecule has 11 heteroatoms. The van der Waals surface area contributed by atoms with Crippen molar-refractivity contribution in [2.45, 2.75) is 19.1 Å². The molecule has 1 aromatic carbocycles. The average Bonchev–Trinajstić information content (AvgIpc) is 3.14. The van der Waals surface area contributed by atoms with Crippen LogP contribution in [0.4, 0.5) is 19.0 Å². The van der Waals surface area contributed by atoms with Crippen LogP contribution in [0.3, 0.4) is 0 Å². The van der Waals surface area contributed by atoms with E-state index in [0.717, 1.165) is 18.0 Å². The molecule has 0 fully saturated rings. The lowest BCUT2D eigenvalue weighted by Crippen LogP contribution is -2.18. The Labute approximate surface area is 196 Å². The molecule has 0 bridgehead atoms. The monoisotopic (exact) mass is 502 g/mol. The van der Waals surface area contributed by atoms with E-state index >= 15 is 0 Å². The van der Waals surface area contributed by atoms with Crippen LogP contribution in [0.2, 0.25) is 5.02 Å². The molecule has 4 rings (SSSR count). The summed E-state index contributed by atoms with van der Waals surface area (Å²) in [6.45, 7) is 1.65. The van der Waals surface area contributed by atoms with Gasteiger partial charge in [0.15, 0.2) is 5.43 Å². The summed E-state index contributed by atoms with van der Waals surface area (Å²) in [7, 11) is 0. The highest BCUT2D eigenvalue weighted by Gasteiger charge is 2.33. The quantitative estimate of drug-likeness (QED) is 0.278. The minimum Gasteiger partial charge on any atom is -0.371 e. The maximum atomic E-state index is 13.0. The number of para-hydroxylation sites is 1. The Morgan fingerprint density at radius 1 is 1.12 bits per heavy atom. The van der Waals surface area contributed by atoms with Gasteiger partial charge in [-0.15, -0.1) is 23.7 Å². The number of anilines is 1. The van der Waals surface area contributed by atoms with E-state index in [1.165, 1.54) is 17.4 Å². The van der Waals surface area contributed by atoms with E-state index in [2.05, 4.69) is 20.6 Å². The van der Waals surface area contributed by atoms with Gasteiger partial charge in [-0.2, -0.15) is 13.2 Å². The topological polar surface area (TPSA) is 69.8 Å². The van der Waals surface area contributed by atoms with Gasteiger partial charge in [-0.1, -0.05) is 23.7 Å². The van der Waals surface area contributed by atoms with Gasteiger partial charge in [-0.25, -0.2) is 4.98 Å². The molecule has 0 radical (unpaired) electrons. The molecule has 32 heavy (non-hydrogen) atoms. The number of nitrogens with zero attached hydrogens (tertiary/aromatic N) is 1. The van der Waals surface area contributed by atoms with Gasteiger partial charge in [0.1, 0.15) is 11.5 Å². The van der Waals surface area contributed by atoms with Gasteiger partial charge in [0.05, 0.1) is 16.1 Å². The van der Waals surface area contributed by atoms with Gasteiger partial charge >= 0.3 is 6.18 Å². The zero-order chi connectivity index (χ0) is 22.0. The second-order valence-corrected chi connectivity index (χ2v) is 8.33. The molecule has 0 aliphatic rings. The van der Waals surface area contributed by atoms with Gasteiger partial charge in [-0.05, 0) is 31.2 Å². The highest BCUT2D eigenvalue weighted by molar-refractivity contribution is 7.11. The molecule has 170 valence electrons. The third-order valence-electron chi connectivity index (χ3n) is 4.75. The fraction of sp³-hybridized carbons (Fsp3) is 0.238. The van der Waals surface area contributed by atoms with Crippen LogP contribution >= 0.6 is 35.3 Å². The molecule has 3 N–H and O–H groups in total. The maximum absolute atomic E-state index is 13.0. The van der Waals surface area contributed by atoms with Crippen molar-refractivity contribution in [3.63, 3.8) is 0 Å². The molecule has 3 heterocycles. The third kappa shape index (κ3) is 5.35. The first-order chi connectivity index (χ1) is 14.8. The highest BCUT2D eigenvalue weighted by Crippen LogP contribution is 2.36. The Morgan fingerprint density at radius 3 is 2.69 bits per heavy atom. The van der Waals surface area contributed by atoms with Crippen molar-refractivity contribution < 1.29 is 13.2 Å². The first-order valence-corrected chi connectivity index (χ1v) is 10.8. The molecular formula is C21H19Cl2F3N4OS. The smallest absolute Gasteiger partial charge is 0.371 e. The number of alkyl halides is 3. The molecule has 0 amide bonds. The number of aromatic amines is 1. The standard InChI is InChI=1S/C21H18ClF3N4OS.ClH/c22-14-8-18(21(23,24)25)29-20-13(14)11-31-17(20)10-26-6-3-7-27-19-9-16(30)12-4-1-2-5-15(12)28-19;/h1-2,4-5,8-9,11,26H,3,6-7,10H2,(H2,27,28,30);1H. The largest absolute Gasteiger partial charge is 0.433 e. The van der Waals surface area contributed by atoms with Gasteiger partial charge in [0, 0.05) is 40.2 Å². The lowest BCUT2D eigenvalue weighted by atomic mass is 10.2. The normalized spacial score (nSPS) is 11.6. The summed E-state index contributed by atoms with van der Waals surface area (Å²) in [4.78, 5) is 19.8. The van der Waals surface area contributed by atoms with Crippen LogP contribution in [0.1, 0.15) is 17.0 Å². The number of aromatic nitrogens is 2. The van der Waals surface area contributed by atoms with Crippen molar-refractivity contribution in [2.24, 2.45) is 0 Å². The zero-order valence-electron chi connectivity index (χ0n) is 16.6. The fourth-order valence-corrected chi connectivity index (χ4v) is 4.50. The van der Waals surface area contributed by atoms with E-state index in [0.29, 0.717) is 41.1 Å². The highest BCUT2D eigenvalue weighted by atomic mass is 35.5. The number of nitrogens with one attached hydrogen (secondary N) is 3. The van der Waals surface area contributed by atoms with Gasteiger partial charge < -0.3 is 15.6 Å². The van der Waals surface area contributed by atoms with Gasteiger partial charge in [0.25, 0.3) is 0 Å². The molecule has 4 aromatic rings. The van der Waals surface area contributed by atoms with Crippen molar-refractivity contribution in [3.05, 3.63) is 67.6 Å². The Hall–Kier alpha value is -2.33. The second-order valence-electron chi connectivity index (χ2n) is 6.96. The molecule has 0 spiro atoms. The molecule has 0 aliphatic heterocycles. The molecule has 5 nitrogen and oxygen atoms in total. The van der Waals surface area contributed by atoms with E-state index in [1.54, 1.807) is 11.4 Å². The van der Waals surface area contributed by atoms with Crippen LogP contribution in [-0.4, -0.2) is 23.1 Å². The number of thiophene rings is 1. The van der Waals surface area contributed by atoms with Crippen molar-refractivity contribution in [1.82, 2.24) is 15.3 Å².